The number of hydrogen-bond donors (Lipinski definition) is 0. The van der Waals surface area contributed by atoms with E-state index >= 15 is 0 Å². The molecule has 0 unspecified atom stereocenters. The Bertz CT molecular complexity index is 2760. The summed E-state index contributed by atoms with van der Waals surface area (Å²) in [6.07, 6.45) is 0. The highest BCUT2D eigenvalue weighted by Crippen LogP contribution is 2.48. The van der Waals surface area contributed by atoms with E-state index in [0.29, 0.717) is 0 Å². The smallest absolute Gasteiger partial charge is 0.0701 e. The zero-order valence-corrected chi connectivity index (χ0v) is 31.3. The molecular formula is C51H36S2. The van der Waals surface area contributed by atoms with E-state index in [0.717, 1.165) is 0 Å². The Kier molecular flexibility index (Phi) is 7.65. The predicted octanol–water partition coefficient (Wildman–Crippen LogP) is 14.8. The van der Waals surface area contributed by atoms with Crippen molar-refractivity contribution in [2.24, 2.45) is 0 Å². The summed E-state index contributed by atoms with van der Waals surface area (Å²) < 4.78 is 5.34. The van der Waals surface area contributed by atoms with Crippen LogP contribution >= 0.6 is 22.7 Å². The van der Waals surface area contributed by atoms with Crippen LogP contribution in [0.25, 0.3) is 62.6 Å². The normalized spacial score (nSPS) is 12.0. The Hall–Kier alpha value is -5.80. The number of fused-ring (bicyclic) bond motifs is 6. The lowest BCUT2D eigenvalue weighted by atomic mass is 9.64. The van der Waals surface area contributed by atoms with E-state index in [1.54, 1.807) is 0 Å². The van der Waals surface area contributed by atoms with Crippen LogP contribution in [-0.2, 0) is 5.41 Å². The van der Waals surface area contributed by atoms with Crippen molar-refractivity contribution < 1.29 is 0 Å². The van der Waals surface area contributed by atoms with Gasteiger partial charge in [0.25, 0.3) is 0 Å². The molecule has 0 fully saturated rings. The Morgan fingerprint density at radius 3 is 1.15 bits per heavy atom. The first-order chi connectivity index (χ1) is 26.1. The van der Waals surface area contributed by atoms with Crippen LogP contribution in [-0.4, -0.2) is 0 Å². The molecule has 0 N–H and O–H groups in total. The molecule has 10 rings (SSSR count). The van der Waals surface area contributed by atoms with Gasteiger partial charge in [0.1, 0.15) is 0 Å². The lowest BCUT2D eigenvalue weighted by Crippen LogP contribution is -2.31. The second-order valence-corrected chi connectivity index (χ2v) is 16.3. The van der Waals surface area contributed by atoms with Gasteiger partial charge in [0.15, 0.2) is 0 Å². The molecule has 2 heteroatoms. The summed E-state index contributed by atoms with van der Waals surface area (Å²) in [5.74, 6) is 0. The molecule has 0 aliphatic carbocycles. The van der Waals surface area contributed by atoms with Gasteiger partial charge in [-0.25, -0.2) is 0 Å². The van der Waals surface area contributed by atoms with E-state index in [-0.39, 0.29) is 0 Å². The molecule has 252 valence electrons. The summed E-state index contributed by atoms with van der Waals surface area (Å²) >= 11 is 3.74. The minimum absolute atomic E-state index is 0.532. The van der Waals surface area contributed by atoms with Crippen LogP contribution in [0, 0.1) is 13.8 Å². The minimum Gasteiger partial charge on any atom is -0.135 e. The van der Waals surface area contributed by atoms with Crippen LogP contribution < -0.4 is 0 Å². The number of thiophene rings is 2. The molecule has 0 bridgehead atoms. The molecular weight excluding hydrogens is 677 g/mol. The van der Waals surface area contributed by atoms with Gasteiger partial charge in [0.2, 0.25) is 0 Å². The molecule has 0 aliphatic rings. The van der Waals surface area contributed by atoms with Crippen molar-refractivity contribution >= 4 is 63.0 Å². The van der Waals surface area contributed by atoms with Gasteiger partial charge in [-0.05, 0) is 106 Å². The standard InChI is InChI=1S/C51H36S2/c1-33-29-39(23-25-41(33)35-21-27-49-45(31-35)43-17-9-11-19-47(43)52-49)51(37-13-5-3-6-14-37,38-15-7-4-8-16-38)40-24-26-42(34(2)30-40)36-22-28-50-46(32-36)44-18-10-12-20-48(44)53-50/h3-32H,1-2H3. The van der Waals surface area contributed by atoms with E-state index in [9.17, 15) is 0 Å². The maximum absolute atomic E-state index is 2.43. The average Bonchev–Trinajstić information content (AvgIpc) is 3.77. The lowest BCUT2D eigenvalue weighted by Gasteiger charge is -2.37. The quantitative estimate of drug-likeness (QED) is 0.151. The van der Waals surface area contributed by atoms with Gasteiger partial charge in [0.05, 0.1) is 5.41 Å². The van der Waals surface area contributed by atoms with Crippen LogP contribution in [0.5, 0.6) is 0 Å². The first-order valence-electron chi connectivity index (χ1n) is 18.2. The van der Waals surface area contributed by atoms with E-state index in [4.69, 9.17) is 0 Å². The first kappa shape index (κ1) is 31.9. The Labute approximate surface area is 318 Å². The Morgan fingerprint density at radius 1 is 0.321 bits per heavy atom. The topological polar surface area (TPSA) is 0 Å². The van der Waals surface area contributed by atoms with E-state index < -0.39 is 5.41 Å². The molecule has 0 aliphatic heterocycles. The predicted molar refractivity (Wildman–Crippen MR) is 231 cm³/mol. The van der Waals surface area contributed by atoms with Gasteiger partial charge >= 0.3 is 0 Å². The molecule has 0 radical (unpaired) electrons. The number of rotatable bonds is 6. The third-order valence-corrected chi connectivity index (χ3v) is 13.4. The van der Waals surface area contributed by atoms with Gasteiger partial charge in [-0.1, -0.05) is 146 Å². The minimum atomic E-state index is -0.532. The largest absolute Gasteiger partial charge is 0.135 e. The zero-order valence-electron chi connectivity index (χ0n) is 29.6. The van der Waals surface area contributed by atoms with Crippen LogP contribution in [0.1, 0.15) is 33.4 Å². The van der Waals surface area contributed by atoms with E-state index in [1.165, 1.54) is 96.0 Å². The highest BCUT2D eigenvalue weighted by atomic mass is 32.1. The molecule has 0 atom stereocenters. The van der Waals surface area contributed by atoms with Crippen molar-refractivity contribution in [2.45, 2.75) is 19.3 Å². The third-order valence-electron chi connectivity index (χ3n) is 11.1. The maximum Gasteiger partial charge on any atom is 0.0701 e. The van der Waals surface area contributed by atoms with Gasteiger partial charge in [-0.3, -0.25) is 0 Å². The van der Waals surface area contributed by atoms with Crippen molar-refractivity contribution in [1.82, 2.24) is 0 Å². The Balaban J connectivity index is 1.15. The maximum atomic E-state index is 2.43. The van der Waals surface area contributed by atoms with Gasteiger partial charge in [-0.2, -0.15) is 0 Å². The fourth-order valence-electron chi connectivity index (χ4n) is 8.61. The fourth-order valence-corrected chi connectivity index (χ4v) is 10.8. The van der Waals surface area contributed by atoms with Crippen molar-refractivity contribution in [3.63, 3.8) is 0 Å². The van der Waals surface area contributed by atoms with E-state index in [1.807, 2.05) is 22.7 Å². The highest BCUT2D eigenvalue weighted by molar-refractivity contribution is 7.26. The molecule has 0 spiro atoms. The molecule has 2 heterocycles. The molecule has 8 aromatic carbocycles. The van der Waals surface area contributed by atoms with Crippen molar-refractivity contribution in [3.05, 3.63) is 215 Å². The van der Waals surface area contributed by atoms with Crippen molar-refractivity contribution in [3.8, 4) is 22.3 Å². The summed E-state index contributed by atoms with van der Waals surface area (Å²) in [5.41, 5.74) is 12.1. The molecule has 0 amide bonds. The molecule has 2 aromatic heterocycles. The van der Waals surface area contributed by atoms with Crippen LogP contribution in [0.2, 0.25) is 0 Å². The van der Waals surface area contributed by atoms with Gasteiger partial charge < -0.3 is 0 Å². The third kappa shape index (κ3) is 5.16. The summed E-state index contributed by atoms with van der Waals surface area (Å²) in [6, 6.07) is 67.9. The zero-order chi connectivity index (χ0) is 35.5. The highest BCUT2D eigenvalue weighted by Gasteiger charge is 2.39. The SMILES string of the molecule is Cc1cc(C(c2ccccc2)(c2ccccc2)c2ccc(-c3ccc4sc5ccccc5c4c3)c(C)c2)ccc1-c1ccc2sc3ccccc3c2c1. The van der Waals surface area contributed by atoms with Gasteiger partial charge in [0, 0.05) is 40.3 Å². The van der Waals surface area contributed by atoms with Crippen LogP contribution in [0.4, 0.5) is 0 Å². The summed E-state index contributed by atoms with van der Waals surface area (Å²) in [5, 5.41) is 5.32. The lowest BCUT2D eigenvalue weighted by molar-refractivity contribution is 0.743. The number of benzene rings is 8. The second-order valence-electron chi connectivity index (χ2n) is 14.2. The molecule has 10 aromatic rings. The Morgan fingerprint density at radius 2 is 0.717 bits per heavy atom. The molecule has 0 saturated carbocycles. The van der Waals surface area contributed by atoms with Crippen LogP contribution in [0.3, 0.4) is 0 Å². The monoisotopic (exact) mass is 712 g/mol. The molecule has 53 heavy (non-hydrogen) atoms. The van der Waals surface area contributed by atoms with Crippen LogP contribution in [0.15, 0.2) is 182 Å². The van der Waals surface area contributed by atoms with Crippen molar-refractivity contribution in [1.29, 1.82) is 0 Å². The summed E-state index contributed by atoms with van der Waals surface area (Å²) in [4.78, 5) is 0. The van der Waals surface area contributed by atoms with Gasteiger partial charge in [-0.15, -0.1) is 22.7 Å². The molecule has 0 saturated heterocycles. The number of hydrogen-bond acceptors (Lipinski definition) is 2. The second kappa shape index (κ2) is 12.7. The molecule has 0 nitrogen and oxygen atoms in total. The van der Waals surface area contributed by atoms with E-state index in [2.05, 4.69) is 196 Å². The fraction of sp³-hybridized carbons (Fsp3) is 0.0588. The summed E-state index contributed by atoms with van der Waals surface area (Å²) in [6.45, 7) is 4.54. The van der Waals surface area contributed by atoms with Crippen molar-refractivity contribution in [2.75, 3.05) is 0 Å². The summed E-state index contributed by atoms with van der Waals surface area (Å²) in [7, 11) is 0. The number of aryl methyl sites for hydroxylation is 2. The average molecular weight is 713 g/mol. The first-order valence-corrected chi connectivity index (χ1v) is 19.9.